The lowest BCUT2D eigenvalue weighted by atomic mass is 9.71. The second-order valence-electron chi connectivity index (χ2n) is 8.57. The second kappa shape index (κ2) is 10.2. The number of sulfonamides is 1. The van der Waals surface area contributed by atoms with Crippen LogP contribution in [0, 0.1) is 6.92 Å². The van der Waals surface area contributed by atoms with Gasteiger partial charge < -0.3 is 5.32 Å². The molecule has 1 atom stereocenters. The number of nitrogens with zero attached hydrogens (tertiary/aromatic N) is 1. The average molecular weight is 457 g/mol. The summed E-state index contributed by atoms with van der Waals surface area (Å²) in [6.07, 6.45) is 2.87. The van der Waals surface area contributed by atoms with Crippen molar-refractivity contribution in [1.29, 1.82) is 0 Å². The lowest BCUT2D eigenvalue weighted by Crippen LogP contribution is -2.54. The summed E-state index contributed by atoms with van der Waals surface area (Å²) in [4.78, 5) is 13.1. The van der Waals surface area contributed by atoms with Crippen LogP contribution in [0.4, 0.5) is 0 Å². The van der Waals surface area contributed by atoms with E-state index >= 15 is 0 Å². The van der Waals surface area contributed by atoms with E-state index in [4.69, 9.17) is 0 Å². The Bertz CT molecular complexity index is 1040. The second-order valence-corrected chi connectivity index (χ2v) is 10.7. The molecule has 6 heteroatoms. The molecule has 0 saturated carbocycles. The first-order valence-electron chi connectivity index (χ1n) is 11.8. The molecule has 0 radical (unpaired) electrons. The lowest BCUT2D eigenvalue weighted by molar-refractivity contribution is 0.0896. The van der Waals surface area contributed by atoms with E-state index in [0.717, 1.165) is 24.8 Å². The van der Waals surface area contributed by atoms with Crippen molar-refractivity contribution >= 4 is 15.9 Å². The number of amides is 1. The smallest absolute Gasteiger partial charge is 0.251 e. The Hall–Kier alpha value is -2.18. The fraction of sp³-hybridized carbons (Fsp3) is 0.500. The summed E-state index contributed by atoms with van der Waals surface area (Å²) in [7, 11) is -3.20. The molecule has 1 amide bonds. The molecule has 2 aromatic rings. The Balaban J connectivity index is 0.00000141. The molecular weight excluding hydrogens is 420 g/mol. The van der Waals surface area contributed by atoms with Crippen molar-refractivity contribution in [3.63, 3.8) is 0 Å². The Morgan fingerprint density at radius 2 is 1.69 bits per heavy atom. The van der Waals surface area contributed by atoms with E-state index < -0.39 is 10.0 Å². The predicted molar refractivity (Wildman–Crippen MR) is 130 cm³/mol. The number of hydrogen-bond donors (Lipinski definition) is 1. The molecule has 5 nitrogen and oxygen atoms in total. The van der Waals surface area contributed by atoms with Gasteiger partial charge in [-0.3, -0.25) is 4.79 Å². The third-order valence-electron chi connectivity index (χ3n) is 6.81. The zero-order valence-corrected chi connectivity index (χ0v) is 20.5. The van der Waals surface area contributed by atoms with E-state index in [1.54, 1.807) is 4.31 Å². The first kappa shape index (κ1) is 24.5. The average Bonchev–Trinajstić information content (AvgIpc) is 3.08. The fourth-order valence-electron chi connectivity index (χ4n) is 5.21. The Labute approximate surface area is 193 Å². The number of carbonyl (C=O) groups excluding carboxylic acids is 1. The standard InChI is InChI=1S/C24H30N2O3S.C2H6/c1-3-16-30(28,29)26-14-12-24(13-15-26)21-11-7-5-9-19(21)17-22(24)25-23(27)20-10-6-4-8-18(20)2;1-2/h4-11,22H,3,12-17H2,1-2H3,(H,25,27);1-2H3. The highest BCUT2D eigenvalue weighted by Gasteiger charge is 2.49. The van der Waals surface area contributed by atoms with Crippen molar-refractivity contribution in [2.45, 2.75) is 64.8 Å². The van der Waals surface area contributed by atoms with Crippen LogP contribution in [0.1, 0.15) is 67.1 Å². The van der Waals surface area contributed by atoms with Crippen LogP contribution >= 0.6 is 0 Å². The van der Waals surface area contributed by atoms with Gasteiger partial charge in [-0.25, -0.2) is 12.7 Å². The van der Waals surface area contributed by atoms with Gasteiger partial charge in [0.1, 0.15) is 0 Å². The molecule has 2 aliphatic rings. The molecule has 174 valence electrons. The van der Waals surface area contributed by atoms with Gasteiger partial charge >= 0.3 is 0 Å². The summed E-state index contributed by atoms with van der Waals surface area (Å²) in [5, 5.41) is 3.32. The largest absolute Gasteiger partial charge is 0.348 e. The topological polar surface area (TPSA) is 66.5 Å². The van der Waals surface area contributed by atoms with Crippen LogP contribution in [0.2, 0.25) is 0 Å². The highest BCUT2D eigenvalue weighted by Crippen LogP contribution is 2.46. The van der Waals surface area contributed by atoms with E-state index in [-0.39, 0.29) is 23.1 Å². The third kappa shape index (κ3) is 4.62. The van der Waals surface area contributed by atoms with E-state index in [0.29, 0.717) is 25.1 Å². The van der Waals surface area contributed by atoms with Gasteiger partial charge in [-0.1, -0.05) is 63.2 Å². The summed E-state index contributed by atoms with van der Waals surface area (Å²) in [6, 6.07) is 16.0. The van der Waals surface area contributed by atoms with Crippen molar-refractivity contribution in [1.82, 2.24) is 9.62 Å². The van der Waals surface area contributed by atoms with Crippen LogP contribution < -0.4 is 5.32 Å². The fourth-order valence-corrected chi connectivity index (χ4v) is 6.72. The Morgan fingerprint density at radius 1 is 1.06 bits per heavy atom. The van der Waals surface area contributed by atoms with E-state index in [9.17, 15) is 13.2 Å². The number of hydrogen-bond acceptors (Lipinski definition) is 3. The third-order valence-corrected chi connectivity index (χ3v) is 8.89. The Kier molecular flexibility index (Phi) is 7.78. The van der Waals surface area contributed by atoms with Gasteiger partial charge in [0.15, 0.2) is 0 Å². The van der Waals surface area contributed by atoms with Crippen molar-refractivity contribution < 1.29 is 13.2 Å². The first-order valence-corrected chi connectivity index (χ1v) is 13.4. The number of rotatable bonds is 5. The van der Waals surface area contributed by atoms with E-state index in [2.05, 4.69) is 17.4 Å². The summed E-state index contributed by atoms with van der Waals surface area (Å²) in [5.74, 6) is 0.149. The van der Waals surface area contributed by atoms with Gasteiger partial charge in [0, 0.05) is 30.1 Å². The quantitative estimate of drug-likeness (QED) is 0.723. The van der Waals surface area contributed by atoms with Crippen molar-refractivity contribution in [2.75, 3.05) is 18.8 Å². The number of fused-ring (bicyclic) bond motifs is 2. The molecule has 32 heavy (non-hydrogen) atoms. The SMILES string of the molecule is CC.CCCS(=O)(=O)N1CCC2(CC1)c1ccccc1CC2NC(=O)c1ccccc1C. The summed E-state index contributed by atoms with van der Waals surface area (Å²) in [6.45, 7) is 8.86. The minimum Gasteiger partial charge on any atom is -0.348 e. The number of nitrogens with one attached hydrogen (secondary N) is 1. The number of benzene rings is 2. The van der Waals surface area contributed by atoms with Crippen molar-refractivity contribution in [3.8, 4) is 0 Å². The van der Waals surface area contributed by atoms with Crippen LogP contribution in [0.15, 0.2) is 48.5 Å². The highest BCUT2D eigenvalue weighted by molar-refractivity contribution is 7.89. The normalized spacial score (nSPS) is 19.7. The molecule has 0 aromatic heterocycles. The summed E-state index contributed by atoms with van der Waals surface area (Å²) < 4.78 is 26.8. The molecule has 1 N–H and O–H groups in total. The highest BCUT2D eigenvalue weighted by atomic mass is 32.2. The van der Waals surface area contributed by atoms with Crippen LogP contribution in [0.25, 0.3) is 0 Å². The molecule has 4 rings (SSSR count). The van der Waals surface area contributed by atoms with Gasteiger partial charge in [0.05, 0.1) is 5.75 Å². The first-order chi connectivity index (χ1) is 15.4. The molecule has 0 bridgehead atoms. The minimum atomic E-state index is -3.20. The maximum absolute atomic E-state index is 13.1. The molecule has 1 aliphatic carbocycles. The van der Waals surface area contributed by atoms with Gasteiger partial charge in [0.2, 0.25) is 10.0 Å². The van der Waals surface area contributed by atoms with Crippen molar-refractivity contribution in [3.05, 3.63) is 70.8 Å². The van der Waals surface area contributed by atoms with Crippen LogP contribution in [0.3, 0.4) is 0 Å². The molecule has 1 spiro atoms. The molecule has 2 aromatic carbocycles. The van der Waals surface area contributed by atoms with E-state index in [1.807, 2.05) is 64.1 Å². The molecule has 1 unspecified atom stereocenters. The molecule has 1 fully saturated rings. The predicted octanol–water partition coefficient (Wildman–Crippen LogP) is 4.45. The van der Waals surface area contributed by atoms with Gasteiger partial charge in [-0.2, -0.15) is 0 Å². The van der Waals surface area contributed by atoms with Crippen LogP contribution in [-0.2, 0) is 21.9 Å². The zero-order chi connectivity index (χ0) is 23.4. The lowest BCUT2D eigenvalue weighted by Gasteiger charge is -2.43. The van der Waals surface area contributed by atoms with Crippen LogP contribution in [-0.4, -0.2) is 43.5 Å². The van der Waals surface area contributed by atoms with E-state index in [1.165, 1.54) is 11.1 Å². The zero-order valence-electron chi connectivity index (χ0n) is 19.7. The maximum Gasteiger partial charge on any atom is 0.251 e. The maximum atomic E-state index is 13.1. The molecule has 1 saturated heterocycles. The minimum absolute atomic E-state index is 0.0296. The van der Waals surface area contributed by atoms with Crippen molar-refractivity contribution in [2.24, 2.45) is 0 Å². The van der Waals surface area contributed by atoms with Gasteiger partial charge in [-0.05, 0) is 55.4 Å². The molecular formula is C26H36N2O3S. The monoisotopic (exact) mass is 456 g/mol. The summed E-state index contributed by atoms with van der Waals surface area (Å²) >= 11 is 0. The number of aryl methyl sites for hydroxylation is 1. The van der Waals surface area contributed by atoms with Crippen LogP contribution in [0.5, 0.6) is 0 Å². The molecule has 1 aliphatic heterocycles. The Morgan fingerprint density at radius 3 is 2.34 bits per heavy atom. The summed E-state index contributed by atoms with van der Waals surface area (Å²) in [5.41, 5.74) is 3.98. The molecule has 1 heterocycles. The number of piperidine rings is 1. The van der Waals surface area contributed by atoms with Gasteiger partial charge in [0.25, 0.3) is 5.91 Å². The number of carbonyl (C=O) groups is 1. The van der Waals surface area contributed by atoms with Gasteiger partial charge in [-0.15, -0.1) is 0 Å².